The fraction of sp³-hybridized carbons (Fsp3) is 0.333. The van der Waals surface area contributed by atoms with Gasteiger partial charge in [0.25, 0.3) is 5.91 Å². The molecule has 1 saturated carbocycles. The van der Waals surface area contributed by atoms with Crippen LogP contribution in [0.1, 0.15) is 40.1 Å². The number of methoxy groups -OCH3 is 1. The van der Waals surface area contributed by atoms with Crippen LogP contribution in [0.5, 0.6) is 5.75 Å². The minimum atomic E-state index is -2.77. The van der Waals surface area contributed by atoms with Crippen molar-refractivity contribution < 1.29 is 32.4 Å². The second-order valence-corrected chi connectivity index (χ2v) is 7.83. The summed E-state index contributed by atoms with van der Waals surface area (Å²) < 4.78 is 38.3. The van der Waals surface area contributed by atoms with Crippen LogP contribution in [-0.2, 0) is 20.7 Å². The summed E-state index contributed by atoms with van der Waals surface area (Å²) in [6.07, 6.45) is 2.86. The van der Waals surface area contributed by atoms with E-state index < -0.39 is 18.9 Å². The Morgan fingerprint density at radius 2 is 2.06 bits per heavy atom. The maximum absolute atomic E-state index is 12.7. The van der Waals surface area contributed by atoms with Gasteiger partial charge in [0.05, 0.1) is 36.9 Å². The monoisotopic (exact) mass is 497 g/mol. The van der Waals surface area contributed by atoms with Crippen molar-refractivity contribution in [1.82, 2.24) is 20.5 Å². The highest BCUT2D eigenvalue weighted by Crippen LogP contribution is 2.38. The van der Waals surface area contributed by atoms with Crippen molar-refractivity contribution in [2.75, 3.05) is 31.3 Å². The maximum atomic E-state index is 12.7. The molecule has 2 heterocycles. The molecule has 1 aromatic carbocycles. The molecule has 0 bridgehead atoms. The summed E-state index contributed by atoms with van der Waals surface area (Å²) in [5.41, 5.74) is 0.505. The first kappa shape index (κ1) is 20.9. The third-order valence-corrected chi connectivity index (χ3v) is 5.22. The molecule has 2 amide bonds. The van der Waals surface area contributed by atoms with Crippen LogP contribution in [0.15, 0.2) is 34.9 Å². The number of nitrogens with one attached hydrogen (secondary N) is 3. The Morgan fingerprint density at radius 1 is 1.22 bits per heavy atom. The number of rotatable bonds is 10. The molecule has 2 aromatic heterocycles. The molecule has 0 spiro atoms. The molecule has 3 N–H and O–H groups in total. The minimum Gasteiger partial charge on any atom is -0.494 e. The van der Waals surface area contributed by atoms with Gasteiger partial charge in [-0.15, -0.1) is 10.2 Å². The number of oxazole rings is 1. The number of para-hydroxylation sites is 1. The van der Waals surface area contributed by atoms with Gasteiger partial charge in [-0.25, -0.2) is 4.98 Å². The Bertz CT molecular complexity index is 1390. The minimum absolute atomic E-state index is 0.0590. The first-order valence-electron chi connectivity index (χ1n) is 12.6. The molecule has 0 radical (unpaired) electrons. The van der Waals surface area contributed by atoms with E-state index >= 15 is 0 Å². The summed E-state index contributed by atoms with van der Waals surface area (Å²) >= 11 is 0. The van der Waals surface area contributed by atoms with Gasteiger partial charge in [0.15, 0.2) is 17.3 Å². The van der Waals surface area contributed by atoms with Crippen molar-refractivity contribution >= 4 is 35.0 Å². The van der Waals surface area contributed by atoms with Gasteiger partial charge in [0.2, 0.25) is 11.8 Å². The fourth-order valence-corrected chi connectivity index (χ4v) is 3.39. The highest BCUT2D eigenvalue weighted by Gasteiger charge is 2.30. The standard InChI is InChI=1S/C24H26N6O6/c1-4-35-19(31)10-14-12-26-24(36-14)15-6-5-7-16(21(15)34-3)27-17-11-18(28-22(32)13-8-9-13)29-30-20(17)23(33)25-2/h5-7,11-13H,4,8-10H2,1-3H3,(H,25,33)(H2,27,28,29,32)/i2D3. The number of anilines is 3. The molecule has 1 aliphatic carbocycles. The van der Waals surface area contributed by atoms with Crippen LogP contribution in [-0.4, -0.2) is 53.7 Å². The molecule has 4 rings (SSSR count). The zero-order valence-electron chi connectivity index (χ0n) is 22.6. The number of hydrogen-bond donors (Lipinski definition) is 3. The number of nitrogens with zero attached hydrogens (tertiary/aromatic N) is 3. The van der Waals surface area contributed by atoms with Crippen LogP contribution in [0.3, 0.4) is 0 Å². The van der Waals surface area contributed by atoms with Gasteiger partial charge in [-0.3, -0.25) is 14.4 Å². The zero-order valence-corrected chi connectivity index (χ0v) is 19.6. The summed E-state index contributed by atoms with van der Waals surface area (Å²) in [5.74, 6) is -0.986. The average Bonchev–Trinajstić information content (AvgIpc) is 3.62. The number of benzene rings is 1. The van der Waals surface area contributed by atoms with E-state index in [1.54, 1.807) is 25.1 Å². The van der Waals surface area contributed by atoms with Crippen LogP contribution in [0.25, 0.3) is 11.5 Å². The fourth-order valence-electron chi connectivity index (χ4n) is 3.39. The van der Waals surface area contributed by atoms with Crippen LogP contribution in [0.2, 0.25) is 0 Å². The molecule has 0 saturated heterocycles. The predicted octanol–water partition coefficient (Wildman–Crippen LogP) is 2.70. The van der Waals surface area contributed by atoms with Crippen molar-refractivity contribution in [1.29, 1.82) is 0 Å². The van der Waals surface area contributed by atoms with Crippen LogP contribution in [0.4, 0.5) is 17.2 Å². The van der Waals surface area contributed by atoms with E-state index in [9.17, 15) is 14.4 Å². The molecule has 188 valence electrons. The normalized spacial score (nSPS) is 14.1. The lowest BCUT2D eigenvalue weighted by Crippen LogP contribution is -2.22. The molecule has 12 nitrogen and oxygen atoms in total. The number of hydrogen-bond acceptors (Lipinski definition) is 10. The molecule has 1 fully saturated rings. The average molecular weight is 498 g/mol. The third-order valence-electron chi connectivity index (χ3n) is 5.22. The van der Waals surface area contributed by atoms with Crippen molar-refractivity contribution in [2.24, 2.45) is 5.92 Å². The van der Waals surface area contributed by atoms with E-state index in [1.807, 2.05) is 5.32 Å². The number of amides is 2. The Labute approximate surface area is 211 Å². The molecular formula is C24H26N6O6. The van der Waals surface area contributed by atoms with Gasteiger partial charge in [-0.05, 0) is 31.9 Å². The second-order valence-electron chi connectivity index (χ2n) is 7.83. The summed E-state index contributed by atoms with van der Waals surface area (Å²) in [5, 5.41) is 15.3. The summed E-state index contributed by atoms with van der Waals surface area (Å²) in [7, 11) is 1.42. The SMILES string of the molecule is [2H]C([2H])([2H])NC(=O)c1nnc(NC(=O)C2CC2)cc1Nc1cccc(-c2ncc(CC(=O)OCC)o2)c1OC. The van der Waals surface area contributed by atoms with Gasteiger partial charge >= 0.3 is 5.97 Å². The number of esters is 1. The molecular weight excluding hydrogens is 468 g/mol. The van der Waals surface area contributed by atoms with Gasteiger partial charge in [0.1, 0.15) is 12.2 Å². The van der Waals surface area contributed by atoms with Crippen LogP contribution in [0, 0.1) is 5.92 Å². The third kappa shape index (κ3) is 5.59. The van der Waals surface area contributed by atoms with Gasteiger partial charge < -0.3 is 29.8 Å². The molecule has 36 heavy (non-hydrogen) atoms. The molecule has 0 atom stereocenters. The highest BCUT2D eigenvalue weighted by atomic mass is 16.5. The maximum Gasteiger partial charge on any atom is 0.313 e. The second kappa shape index (κ2) is 10.8. The van der Waals surface area contributed by atoms with Crippen LogP contribution >= 0.6 is 0 Å². The van der Waals surface area contributed by atoms with E-state index in [2.05, 4.69) is 25.8 Å². The molecule has 0 unspecified atom stereocenters. The lowest BCUT2D eigenvalue weighted by atomic mass is 10.1. The molecule has 12 heteroatoms. The van der Waals surface area contributed by atoms with E-state index in [0.29, 0.717) is 17.0 Å². The van der Waals surface area contributed by atoms with E-state index in [1.165, 1.54) is 19.4 Å². The Hall–Kier alpha value is -4.48. The Kier molecular flexibility index (Phi) is 6.28. The molecule has 0 aliphatic heterocycles. The Balaban J connectivity index is 1.67. The largest absolute Gasteiger partial charge is 0.494 e. The molecule has 1 aliphatic rings. The lowest BCUT2D eigenvalue weighted by Gasteiger charge is -2.16. The van der Waals surface area contributed by atoms with Crippen molar-refractivity contribution in [3.05, 3.63) is 41.9 Å². The number of carbonyl (C=O) groups excluding carboxylic acids is 3. The van der Waals surface area contributed by atoms with Gasteiger partial charge in [0, 0.05) is 23.1 Å². The van der Waals surface area contributed by atoms with Crippen molar-refractivity contribution in [3.63, 3.8) is 0 Å². The van der Waals surface area contributed by atoms with E-state index in [4.69, 9.17) is 18.0 Å². The van der Waals surface area contributed by atoms with Crippen molar-refractivity contribution in [3.8, 4) is 17.2 Å². The number of ether oxygens (including phenoxy) is 2. The zero-order chi connectivity index (χ0) is 28.2. The van der Waals surface area contributed by atoms with Crippen molar-refractivity contribution in [2.45, 2.75) is 26.2 Å². The Morgan fingerprint density at radius 3 is 2.78 bits per heavy atom. The molecule has 3 aromatic rings. The highest BCUT2D eigenvalue weighted by molar-refractivity contribution is 6.00. The van der Waals surface area contributed by atoms with Gasteiger partial charge in [-0.1, -0.05) is 6.07 Å². The number of carbonyl (C=O) groups is 3. The summed E-state index contributed by atoms with van der Waals surface area (Å²) in [4.78, 5) is 41.0. The van der Waals surface area contributed by atoms with E-state index in [0.717, 1.165) is 12.8 Å². The number of aromatic nitrogens is 3. The predicted molar refractivity (Wildman–Crippen MR) is 129 cm³/mol. The summed E-state index contributed by atoms with van der Waals surface area (Å²) in [6, 6.07) is 6.36. The quantitative estimate of drug-likeness (QED) is 0.356. The topological polar surface area (TPSA) is 158 Å². The van der Waals surface area contributed by atoms with Crippen LogP contribution < -0.4 is 20.7 Å². The first-order valence-corrected chi connectivity index (χ1v) is 11.1. The smallest absolute Gasteiger partial charge is 0.313 e. The van der Waals surface area contributed by atoms with Gasteiger partial charge in [-0.2, -0.15) is 0 Å². The summed E-state index contributed by atoms with van der Waals surface area (Å²) in [6.45, 7) is -0.824. The first-order chi connectivity index (χ1) is 18.6. The lowest BCUT2D eigenvalue weighted by molar-refractivity contribution is -0.142. The van der Waals surface area contributed by atoms with E-state index in [-0.39, 0.29) is 53.7 Å².